The largest absolute Gasteiger partial charge is 0.491 e. The van der Waals surface area contributed by atoms with E-state index in [-0.39, 0.29) is 11.9 Å². The van der Waals surface area contributed by atoms with Crippen molar-refractivity contribution in [1.82, 2.24) is 0 Å². The normalized spacial score (nSPS) is 10.5. The topological polar surface area (TPSA) is 26.3 Å². The SMILES string of the molecule is CC(C)Oc1ccc(C(=O)c2cccc(Br)c2)cc1. The number of halogens is 1. The zero-order chi connectivity index (χ0) is 13.8. The Kier molecular flexibility index (Phi) is 4.38. The van der Waals surface area contributed by atoms with E-state index < -0.39 is 0 Å². The molecule has 0 spiro atoms. The first-order valence-electron chi connectivity index (χ1n) is 6.13. The molecule has 2 rings (SSSR count). The molecular weight excluding hydrogens is 304 g/mol. The van der Waals surface area contributed by atoms with Crippen LogP contribution >= 0.6 is 15.9 Å². The Morgan fingerprint density at radius 3 is 2.32 bits per heavy atom. The summed E-state index contributed by atoms with van der Waals surface area (Å²) in [6.07, 6.45) is 0.131. The van der Waals surface area contributed by atoms with Crippen LogP contribution in [-0.4, -0.2) is 11.9 Å². The van der Waals surface area contributed by atoms with E-state index >= 15 is 0 Å². The molecule has 0 aliphatic heterocycles. The van der Waals surface area contributed by atoms with E-state index in [0.29, 0.717) is 11.1 Å². The van der Waals surface area contributed by atoms with Gasteiger partial charge in [0.05, 0.1) is 6.10 Å². The number of ether oxygens (including phenoxy) is 1. The van der Waals surface area contributed by atoms with Crippen molar-refractivity contribution in [2.24, 2.45) is 0 Å². The molecule has 0 heterocycles. The predicted octanol–water partition coefficient (Wildman–Crippen LogP) is 4.47. The highest BCUT2D eigenvalue weighted by molar-refractivity contribution is 9.10. The van der Waals surface area contributed by atoms with Gasteiger partial charge in [0.15, 0.2) is 5.78 Å². The minimum absolute atomic E-state index is 0.0115. The van der Waals surface area contributed by atoms with E-state index in [1.807, 2.05) is 50.2 Å². The van der Waals surface area contributed by atoms with E-state index in [0.717, 1.165) is 10.2 Å². The number of hydrogen-bond donors (Lipinski definition) is 0. The predicted molar refractivity (Wildman–Crippen MR) is 79.8 cm³/mol. The summed E-state index contributed by atoms with van der Waals surface area (Å²) >= 11 is 3.37. The summed E-state index contributed by atoms with van der Waals surface area (Å²) in [5.41, 5.74) is 1.33. The van der Waals surface area contributed by atoms with Gasteiger partial charge in [-0.25, -0.2) is 0 Å². The van der Waals surface area contributed by atoms with Gasteiger partial charge in [-0.15, -0.1) is 0 Å². The summed E-state index contributed by atoms with van der Waals surface area (Å²) in [5, 5.41) is 0. The minimum Gasteiger partial charge on any atom is -0.491 e. The zero-order valence-corrected chi connectivity index (χ0v) is 12.5. The number of carbonyl (C=O) groups is 1. The molecule has 0 N–H and O–H groups in total. The molecule has 3 heteroatoms. The lowest BCUT2D eigenvalue weighted by atomic mass is 10.0. The van der Waals surface area contributed by atoms with Crippen LogP contribution in [0.15, 0.2) is 53.0 Å². The first kappa shape index (κ1) is 13.8. The monoisotopic (exact) mass is 318 g/mol. The lowest BCUT2D eigenvalue weighted by molar-refractivity contribution is 0.103. The molecule has 0 atom stereocenters. The van der Waals surface area contributed by atoms with Crippen LogP contribution in [0, 0.1) is 0 Å². The fourth-order valence-electron chi connectivity index (χ4n) is 1.75. The van der Waals surface area contributed by atoms with E-state index in [2.05, 4.69) is 15.9 Å². The van der Waals surface area contributed by atoms with E-state index in [1.165, 1.54) is 0 Å². The van der Waals surface area contributed by atoms with Crippen LogP contribution in [0.3, 0.4) is 0 Å². The molecule has 2 aromatic rings. The summed E-state index contributed by atoms with van der Waals surface area (Å²) in [4.78, 5) is 12.3. The average Bonchev–Trinajstić information content (AvgIpc) is 2.38. The van der Waals surface area contributed by atoms with E-state index in [1.54, 1.807) is 12.1 Å². The van der Waals surface area contributed by atoms with Crippen molar-refractivity contribution in [2.75, 3.05) is 0 Å². The first-order chi connectivity index (χ1) is 9.06. The van der Waals surface area contributed by atoms with Gasteiger partial charge < -0.3 is 4.74 Å². The van der Waals surface area contributed by atoms with Crippen LogP contribution in [0.4, 0.5) is 0 Å². The highest BCUT2D eigenvalue weighted by Crippen LogP contribution is 2.18. The van der Waals surface area contributed by atoms with Gasteiger partial charge in [0.1, 0.15) is 5.75 Å². The second-order valence-corrected chi connectivity index (χ2v) is 5.45. The molecule has 0 fully saturated rings. The molecule has 98 valence electrons. The molecule has 0 aliphatic carbocycles. The Morgan fingerprint density at radius 2 is 1.74 bits per heavy atom. The maximum absolute atomic E-state index is 12.3. The Balaban J connectivity index is 2.20. The third kappa shape index (κ3) is 3.67. The third-order valence-corrected chi connectivity index (χ3v) is 3.07. The Labute approximate surface area is 121 Å². The molecule has 0 saturated heterocycles. The van der Waals surface area contributed by atoms with Crippen molar-refractivity contribution in [3.05, 3.63) is 64.1 Å². The second-order valence-electron chi connectivity index (χ2n) is 4.53. The Morgan fingerprint density at radius 1 is 1.05 bits per heavy atom. The van der Waals surface area contributed by atoms with Crippen LogP contribution in [0.1, 0.15) is 29.8 Å². The number of rotatable bonds is 4. The Hall–Kier alpha value is -1.61. The van der Waals surface area contributed by atoms with Crippen LogP contribution in [0.25, 0.3) is 0 Å². The number of hydrogen-bond acceptors (Lipinski definition) is 2. The molecule has 0 bridgehead atoms. The van der Waals surface area contributed by atoms with Crippen LogP contribution in [-0.2, 0) is 0 Å². The number of ketones is 1. The van der Waals surface area contributed by atoms with Crippen LogP contribution < -0.4 is 4.74 Å². The van der Waals surface area contributed by atoms with Gasteiger partial charge in [-0.1, -0.05) is 28.1 Å². The summed E-state index contributed by atoms with van der Waals surface area (Å²) < 4.78 is 6.46. The molecule has 0 aromatic heterocycles. The molecule has 0 unspecified atom stereocenters. The fourth-order valence-corrected chi connectivity index (χ4v) is 2.15. The first-order valence-corrected chi connectivity index (χ1v) is 6.92. The van der Waals surface area contributed by atoms with Crippen LogP contribution in [0.5, 0.6) is 5.75 Å². The van der Waals surface area contributed by atoms with Crippen molar-refractivity contribution in [1.29, 1.82) is 0 Å². The lowest BCUT2D eigenvalue weighted by Crippen LogP contribution is -2.06. The van der Waals surface area contributed by atoms with Crippen molar-refractivity contribution in [3.63, 3.8) is 0 Å². The summed E-state index contributed by atoms with van der Waals surface area (Å²) in [7, 11) is 0. The van der Waals surface area contributed by atoms with Crippen molar-refractivity contribution >= 4 is 21.7 Å². The van der Waals surface area contributed by atoms with Gasteiger partial charge in [0.25, 0.3) is 0 Å². The maximum atomic E-state index is 12.3. The summed E-state index contributed by atoms with van der Waals surface area (Å²) in [5.74, 6) is 0.790. The van der Waals surface area contributed by atoms with E-state index in [9.17, 15) is 4.79 Å². The van der Waals surface area contributed by atoms with Gasteiger partial charge in [-0.2, -0.15) is 0 Å². The standard InChI is InChI=1S/C16H15BrO2/c1-11(2)19-15-8-6-12(7-9-15)16(18)13-4-3-5-14(17)10-13/h3-11H,1-2H3. The van der Waals surface area contributed by atoms with Crippen LogP contribution in [0.2, 0.25) is 0 Å². The summed E-state index contributed by atoms with van der Waals surface area (Å²) in [6, 6.07) is 14.6. The molecule has 0 aliphatic rings. The number of carbonyl (C=O) groups excluding carboxylic acids is 1. The Bertz CT molecular complexity index is 574. The highest BCUT2D eigenvalue weighted by atomic mass is 79.9. The smallest absolute Gasteiger partial charge is 0.193 e. The lowest BCUT2D eigenvalue weighted by Gasteiger charge is -2.09. The molecule has 2 nitrogen and oxygen atoms in total. The molecule has 0 amide bonds. The highest BCUT2D eigenvalue weighted by Gasteiger charge is 2.09. The van der Waals surface area contributed by atoms with Gasteiger partial charge >= 0.3 is 0 Å². The third-order valence-electron chi connectivity index (χ3n) is 2.58. The minimum atomic E-state index is 0.0115. The molecule has 0 saturated carbocycles. The average molecular weight is 319 g/mol. The quantitative estimate of drug-likeness (QED) is 0.777. The van der Waals surface area contributed by atoms with Crippen molar-refractivity contribution < 1.29 is 9.53 Å². The van der Waals surface area contributed by atoms with E-state index in [4.69, 9.17) is 4.74 Å². The van der Waals surface area contributed by atoms with Crippen molar-refractivity contribution in [2.45, 2.75) is 20.0 Å². The van der Waals surface area contributed by atoms with Gasteiger partial charge in [0.2, 0.25) is 0 Å². The van der Waals surface area contributed by atoms with Gasteiger partial charge in [-0.05, 0) is 50.2 Å². The van der Waals surface area contributed by atoms with Gasteiger partial charge in [0, 0.05) is 15.6 Å². The molecule has 19 heavy (non-hydrogen) atoms. The summed E-state index contributed by atoms with van der Waals surface area (Å²) in [6.45, 7) is 3.95. The van der Waals surface area contributed by atoms with Crippen molar-refractivity contribution in [3.8, 4) is 5.75 Å². The van der Waals surface area contributed by atoms with Gasteiger partial charge in [-0.3, -0.25) is 4.79 Å². The molecule has 0 radical (unpaired) electrons. The molecular formula is C16H15BrO2. The molecule has 2 aromatic carbocycles. The zero-order valence-electron chi connectivity index (χ0n) is 10.9. The maximum Gasteiger partial charge on any atom is 0.193 e. The fraction of sp³-hybridized carbons (Fsp3) is 0.188. The second kappa shape index (κ2) is 6.02. The number of benzene rings is 2.